The Morgan fingerprint density at radius 1 is 1.00 bits per heavy atom. The molecule has 0 heterocycles. The highest BCUT2D eigenvalue weighted by Gasteiger charge is 2.06. The van der Waals surface area contributed by atoms with Crippen molar-refractivity contribution in [1.29, 1.82) is 0 Å². The number of halogens is 2. The largest absolute Gasteiger partial charge is 0.455 e. The Bertz CT molecular complexity index is 584. The molecule has 0 aliphatic carbocycles. The average Bonchev–Trinajstić information content (AvgIpc) is 2.41. The SMILES string of the molecule is CC(C)NCc1ccc(Oc2ccccc2Br)c(Br)c1. The molecule has 2 aromatic rings. The number of para-hydroxylation sites is 1. The van der Waals surface area contributed by atoms with Crippen LogP contribution in [0.25, 0.3) is 0 Å². The van der Waals surface area contributed by atoms with Crippen LogP contribution in [0.4, 0.5) is 0 Å². The highest BCUT2D eigenvalue weighted by atomic mass is 79.9. The van der Waals surface area contributed by atoms with E-state index in [1.165, 1.54) is 5.56 Å². The third kappa shape index (κ3) is 4.33. The summed E-state index contributed by atoms with van der Waals surface area (Å²) in [5, 5.41) is 3.40. The molecule has 2 rings (SSSR count). The molecule has 2 nitrogen and oxygen atoms in total. The molecular weight excluding hydrogens is 382 g/mol. The van der Waals surface area contributed by atoms with Crippen LogP contribution in [-0.4, -0.2) is 6.04 Å². The van der Waals surface area contributed by atoms with Gasteiger partial charge in [0.05, 0.1) is 8.95 Å². The molecule has 0 saturated carbocycles. The quantitative estimate of drug-likeness (QED) is 0.717. The minimum atomic E-state index is 0.477. The van der Waals surface area contributed by atoms with Gasteiger partial charge in [0, 0.05) is 12.6 Å². The minimum Gasteiger partial charge on any atom is -0.455 e. The van der Waals surface area contributed by atoms with E-state index >= 15 is 0 Å². The smallest absolute Gasteiger partial charge is 0.141 e. The highest BCUT2D eigenvalue weighted by Crippen LogP contribution is 2.34. The Morgan fingerprint density at radius 2 is 1.70 bits per heavy atom. The number of benzene rings is 2. The molecule has 1 N–H and O–H groups in total. The van der Waals surface area contributed by atoms with Gasteiger partial charge in [-0.25, -0.2) is 0 Å². The molecule has 0 aromatic heterocycles. The zero-order valence-electron chi connectivity index (χ0n) is 11.5. The lowest BCUT2D eigenvalue weighted by atomic mass is 10.2. The average molecular weight is 399 g/mol. The lowest BCUT2D eigenvalue weighted by Gasteiger charge is -2.12. The Kier molecular flexibility index (Phi) is 5.64. The van der Waals surface area contributed by atoms with Crippen molar-refractivity contribution in [2.24, 2.45) is 0 Å². The van der Waals surface area contributed by atoms with Gasteiger partial charge in [-0.1, -0.05) is 32.0 Å². The summed E-state index contributed by atoms with van der Waals surface area (Å²) in [6, 6.07) is 14.4. The maximum absolute atomic E-state index is 5.91. The molecule has 2 aromatic carbocycles. The summed E-state index contributed by atoms with van der Waals surface area (Å²) < 4.78 is 7.80. The van der Waals surface area contributed by atoms with Gasteiger partial charge in [0.1, 0.15) is 11.5 Å². The summed E-state index contributed by atoms with van der Waals surface area (Å²) in [5.41, 5.74) is 1.23. The molecule has 0 spiro atoms. The fourth-order valence-corrected chi connectivity index (χ4v) is 2.58. The monoisotopic (exact) mass is 397 g/mol. The number of hydrogen-bond donors (Lipinski definition) is 1. The lowest BCUT2D eigenvalue weighted by Crippen LogP contribution is -2.21. The minimum absolute atomic E-state index is 0.477. The Hall–Kier alpha value is -0.840. The first-order valence-electron chi connectivity index (χ1n) is 6.50. The van der Waals surface area contributed by atoms with Crippen molar-refractivity contribution in [3.8, 4) is 11.5 Å². The van der Waals surface area contributed by atoms with Crippen molar-refractivity contribution in [3.05, 3.63) is 57.0 Å². The van der Waals surface area contributed by atoms with Gasteiger partial charge in [0.2, 0.25) is 0 Å². The molecule has 0 bridgehead atoms. The highest BCUT2D eigenvalue weighted by molar-refractivity contribution is 9.11. The Labute approximate surface area is 136 Å². The first-order chi connectivity index (χ1) is 9.56. The first-order valence-corrected chi connectivity index (χ1v) is 8.09. The van der Waals surface area contributed by atoms with Gasteiger partial charge in [0.15, 0.2) is 0 Å². The molecular formula is C16H17Br2NO. The van der Waals surface area contributed by atoms with Crippen LogP contribution in [0.3, 0.4) is 0 Å². The van der Waals surface area contributed by atoms with Gasteiger partial charge >= 0.3 is 0 Å². The van der Waals surface area contributed by atoms with Crippen molar-refractivity contribution in [3.63, 3.8) is 0 Å². The van der Waals surface area contributed by atoms with Crippen LogP contribution < -0.4 is 10.1 Å². The third-order valence-electron chi connectivity index (χ3n) is 2.77. The molecule has 0 aliphatic heterocycles. The fraction of sp³-hybridized carbons (Fsp3) is 0.250. The van der Waals surface area contributed by atoms with Crippen LogP contribution >= 0.6 is 31.9 Å². The molecule has 0 unspecified atom stereocenters. The normalized spacial score (nSPS) is 10.8. The van der Waals surface area contributed by atoms with E-state index in [-0.39, 0.29) is 0 Å². The van der Waals surface area contributed by atoms with Crippen LogP contribution in [0.2, 0.25) is 0 Å². The predicted molar refractivity (Wildman–Crippen MR) is 90.3 cm³/mol. The number of rotatable bonds is 5. The van der Waals surface area contributed by atoms with Crippen molar-refractivity contribution < 1.29 is 4.74 Å². The van der Waals surface area contributed by atoms with E-state index in [0.29, 0.717) is 6.04 Å². The Morgan fingerprint density at radius 3 is 2.35 bits per heavy atom. The molecule has 20 heavy (non-hydrogen) atoms. The van der Waals surface area contributed by atoms with E-state index in [1.54, 1.807) is 0 Å². The Balaban J connectivity index is 2.12. The summed E-state index contributed by atoms with van der Waals surface area (Å²) >= 11 is 7.05. The first kappa shape index (κ1) is 15.5. The molecule has 106 valence electrons. The third-order valence-corrected chi connectivity index (χ3v) is 4.04. The molecule has 0 saturated heterocycles. The standard InChI is InChI=1S/C16H17Br2NO/c1-11(2)19-10-12-7-8-16(14(18)9-12)20-15-6-4-3-5-13(15)17/h3-9,11,19H,10H2,1-2H3. The van der Waals surface area contributed by atoms with E-state index in [1.807, 2.05) is 30.3 Å². The summed E-state index contributed by atoms with van der Waals surface area (Å²) in [6.07, 6.45) is 0. The summed E-state index contributed by atoms with van der Waals surface area (Å²) in [7, 11) is 0. The van der Waals surface area contributed by atoms with Gasteiger partial charge in [-0.15, -0.1) is 0 Å². The molecule has 4 heteroatoms. The number of ether oxygens (including phenoxy) is 1. The van der Waals surface area contributed by atoms with Gasteiger partial charge in [-0.05, 0) is 61.7 Å². The maximum Gasteiger partial charge on any atom is 0.141 e. The molecule has 0 fully saturated rings. The molecule has 0 amide bonds. The fourth-order valence-electron chi connectivity index (χ4n) is 1.71. The molecule has 0 aliphatic rings. The van der Waals surface area contributed by atoms with E-state index in [9.17, 15) is 0 Å². The van der Waals surface area contributed by atoms with E-state index in [0.717, 1.165) is 27.0 Å². The number of nitrogens with one attached hydrogen (secondary N) is 1. The lowest BCUT2D eigenvalue weighted by molar-refractivity contribution is 0.476. The van der Waals surface area contributed by atoms with Crippen molar-refractivity contribution in [2.45, 2.75) is 26.4 Å². The summed E-state index contributed by atoms with van der Waals surface area (Å²) in [5.74, 6) is 1.62. The zero-order valence-corrected chi connectivity index (χ0v) is 14.7. The van der Waals surface area contributed by atoms with E-state index in [2.05, 4.69) is 63.2 Å². The predicted octanol–water partition coefficient (Wildman–Crippen LogP) is 5.50. The second-order valence-electron chi connectivity index (χ2n) is 4.83. The summed E-state index contributed by atoms with van der Waals surface area (Å²) in [4.78, 5) is 0. The van der Waals surface area contributed by atoms with Crippen LogP contribution in [0.1, 0.15) is 19.4 Å². The van der Waals surface area contributed by atoms with Crippen molar-refractivity contribution >= 4 is 31.9 Å². The second-order valence-corrected chi connectivity index (χ2v) is 6.54. The van der Waals surface area contributed by atoms with E-state index in [4.69, 9.17) is 4.74 Å². The summed E-state index contributed by atoms with van der Waals surface area (Å²) in [6.45, 7) is 5.13. The zero-order chi connectivity index (χ0) is 14.5. The van der Waals surface area contributed by atoms with Crippen molar-refractivity contribution in [2.75, 3.05) is 0 Å². The molecule has 0 atom stereocenters. The van der Waals surface area contributed by atoms with Gasteiger partial charge < -0.3 is 10.1 Å². The van der Waals surface area contributed by atoms with Crippen LogP contribution in [0, 0.1) is 0 Å². The second kappa shape index (κ2) is 7.25. The topological polar surface area (TPSA) is 21.3 Å². The van der Waals surface area contributed by atoms with E-state index < -0.39 is 0 Å². The maximum atomic E-state index is 5.91. The van der Waals surface area contributed by atoms with Gasteiger partial charge in [-0.3, -0.25) is 0 Å². The molecule has 0 radical (unpaired) electrons. The van der Waals surface area contributed by atoms with Gasteiger partial charge in [-0.2, -0.15) is 0 Å². The number of hydrogen-bond acceptors (Lipinski definition) is 2. The van der Waals surface area contributed by atoms with Crippen LogP contribution in [0.5, 0.6) is 11.5 Å². The van der Waals surface area contributed by atoms with Crippen LogP contribution in [0.15, 0.2) is 51.4 Å². The van der Waals surface area contributed by atoms with Gasteiger partial charge in [0.25, 0.3) is 0 Å². The van der Waals surface area contributed by atoms with Crippen molar-refractivity contribution in [1.82, 2.24) is 5.32 Å². The van der Waals surface area contributed by atoms with Crippen LogP contribution in [-0.2, 0) is 6.54 Å².